The van der Waals surface area contributed by atoms with Crippen LogP contribution in [0.25, 0.3) is 0 Å². The quantitative estimate of drug-likeness (QED) is 0.638. The van der Waals surface area contributed by atoms with E-state index < -0.39 is 36.2 Å². The maximum atomic E-state index is 13.5. The number of ether oxygens (including phenoxy) is 1. The number of halogens is 2. The second kappa shape index (κ2) is 9.48. The lowest BCUT2D eigenvalue weighted by molar-refractivity contribution is -0.132. The number of carbonyl (C=O) groups excluding carboxylic acids is 3. The zero-order valence-corrected chi connectivity index (χ0v) is 14.9. The number of para-hydroxylation sites is 1. The van der Waals surface area contributed by atoms with Crippen molar-refractivity contribution in [3.8, 4) is 5.75 Å². The fourth-order valence-electron chi connectivity index (χ4n) is 1.84. The van der Waals surface area contributed by atoms with Gasteiger partial charge < -0.3 is 10.1 Å². The summed E-state index contributed by atoms with van der Waals surface area (Å²) in [5.74, 6) is -2.69. The van der Waals surface area contributed by atoms with E-state index in [0.29, 0.717) is 5.02 Å². The summed E-state index contributed by atoms with van der Waals surface area (Å²) >= 11 is 5.75. The molecule has 3 amide bonds. The summed E-state index contributed by atoms with van der Waals surface area (Å²) in [6.07, 6.45) is 0.293. The highest BCUT2D eigenvalue weighted by Gasteiger charge is 2.17. The van der Waals surface area contributed by atoms with E-state index in [1.165, 1.54) is 43.5 Å². The second-order valence-corrected chi connectivity index (χ2v) is 5.71. The molecular weight excluding hydrogens is 379 g/mol. The van der Waals surface area contributed by atoms with Crippen LogP contribution in [0.3, 0.4) is 0 Å². The lowest BCUT2D eigenvalue weighted by Gasteiger charge is -2.15. The number of nitrogens with one attached hydrogen (secondary N) is 3. The Bertz CT molecular complexity index is 849. The standard InChI is InChI=1S/C17H16ClFN4O4/c1-10(27-14-5-3-2-4-12(14)19)16(25)23-22-15(24)9-21-17(26)13-8-11(18)6-7-20-13/h2-8,10H,9H2,1H3,(H,21,26)(H,22,24)(H,23,25)/t10-/m1/s1. The van der Waals surface area contributed by atoms with Crippen LogP contribution >= 0.6 is 11.6 Å². The Hall–Kier alpha value is -3.20. The average Bonchev–Trinajstić information content (AvgIpc) is 2.65. The Labute approximate surface area is 159 Å². The second-order valence-electron chi connectivity index (χ2n) is 5.27. The third-order valence-electron chi connectivity index (χ3n) is 3.20. The van der Waals surface area contributed by atoms with Crippen LogP contribution in [0.1, 0.15) is 17.4 Å². The van der Waals surface area contributed by atoms with Crippen molar-refractivity contribution in [2.24, 2.45) is 0 Å². The molecule has 2 aromatic rings. The molecular formula is C17H16ClFN4O4. The van der Waals surface area contributed by atoms with E-state index >= 15 is 0 Å². The van der Waals surface area contributed by atoms with E-state index in [1.807, 2.05) is 0 Å². The summed E-state index contributed by atoms with van der Waals surface area (Å²) in [5, 5.41) is 2.65. The Balaban J connectivity index is 1.75. The minimum absolute atomic E-state index is 0.0474. The van der Waals surface area contributed by atoms with Crippen LogP contribution in [0.15, 0.2) is 42.6 Å². The van der Waals surface area contributed by atoms with Crippen LogP contribution in [-0.2, 0) is 9.59 Å². The SMILES string of the molecule is C[C@@H](Oc1ccccc1F)C(=O)NNC(=O)CNC(=O)c1cc(Cl)ccn1. The smallest absolute Gasteiger partial charge is 0.279 e. The monoisotopic (exact) mass is 394 g/mol. The fraction of sp³-hybridized carbons (Fsp3) is 0.176. The van der Waals surface area contributed by atoms with E-state index in [0.717, 1.165) is 0 Å². The molecule has 1 atom stereocenters. The molecule has 1 heterocycles. The average molecular weight is 395 g/mol. The topological polar surface area (TPSA) is 109 Å². The van der Waals surface area contributed by atoms with Gasteiger partial charge in [-0.3, -0.25) is 30.2 Å². The number of hydrogen-bond donors (Lipinski definition) is 3. The van der Waals surface area contributed by atoms with E-state index in [9.17, 15) is 18.8 Å². The molecule has 0 spiro atoms. The molecule has 0 unspecified atom stereocenters. The first kappa shape index (κ1) is 20.1. The van der Waals surface area contributed by atoms with Crippen molar-refractivity contribution in [2.75, 3.05) is 6.54 Å². The minimum atomic E-state index is -1.06. The number of hydrazine groups is 1. The molecule has 10 heteroatoms. The Morgan fingerprint density at radius 2 is 1.96 bits per heavy atom. The largest absolute Gasteiger partial charge is 0.478 e. The summed E-state index contributed by atoms with van der Waals surface area (Å²) in [6.45, 7) is 0.983. The van der Waals surface area contributed by atoms with Crippen LogP contribution in [-0.4, -0.2) is 35.4 Å². The van der Waals surface area contributed by atoms with Gasteiger partial charge >= 0.3 is 0 Å². The maximum Gasteiger partial charge on any atom is 0.279 e. The van der Waals surface area contributed by atoms with E-state index in [-0.39, 0.29) is 11.4 Å². The number of hydrogen-bond acceptors (Lipinski definition) is 5. The van der Waals surface area contributed by atoms with Gasteiger partial charge in [0.2, 0.25) is 0 Å². The molecule has 0 fully saturated rings. The van der Waals surface area contributed by atoms with Crippen LogP contribution in [0.4, 0.5) is 4.39 Å². The highest BCUT2D eigenvalue weighted by Crippen LogP contribution is 2.16. The van der Waals surface area contributed by atoms with E-state index in [2.05, 4.69) is 21.2 Å². The molecule has 0 aliphatic carbocycles. The van der Waals surface area contributed by atoms with Crippen LogP contribution in [0.5, 0.6) is 5.75 Å². The van der Waals surface area contributed by atoms with Crippen molar-refractivity contribution in [3.63, 3.8) is 0 Å². The maximum absolute atomic E-state index is 13.5. The highest BCUT2D eigenvalue weighted by atomic mass is 35.5. The molecule has 142 valence electrons. The minimum Gasteiger partial charge on any atom is -0.478 e. The number of amides is 3. The molecule has 0 saturated heterocycles. The van der Waals surface area contributed by atoms with Crippen molar-refractivity contribution in [2.45, 2.75) is 13.0 Å². The van der Waals surface area contributed by atoms with E-state index in [1.54, 1.807) is 6.07 Å². The predicted octanol–water partition coefficient (Wildman–Crippen LogP) is 1.22. The van der Waals surface area contributed by atoms with Crippen molar-refractivity contribution in [1.29, 1.82) is 0 Å². The number of benzene rings is 1. The lowest BCUT2D eigenvalue weighted by Crippen LogP contribution is -2.50. The molecule has 0 aliphatic rings. The number of nitrogens with zero attached hydrogens (tertiary/aromatic N) is 1. The van der Waals surface area contributed by atoms with Gasteiger partial charge in [-0.15, -0.1) is 0 Å². The molecule has 0 aliphatic heterocycles. The molecule has 0 bridgehead atoms. The van der Waals surface area contributed by atoms with Crippen LogP contribution in [0.2, 0.25) is 5.02 Å². The summed E-state index contributed by atoms with van der Waals surface area (Å²) in [6, 6.07) is 8.46. The lowest BCUT2D eigenvalue weighted by atomic mass is 10.3. The van der Waals surface area contributed by atoms with Crippen LogP contribution in [0, 0.1) is 5.82 Å². The number of carbonyl (C=O) groups is 3. The third-order valence-corrected chi connectivity index (χ3v) is 3.43. The molecule has 0 saturated carbocycles. The number of aromatic nitrogens is 1. The van der Waals surface area contributed by atoms with Gasteiger partial charge in [-0.05, 0) is 31.2 Å². The van der Waals surface area contributed by atoms with Crippen LogP contribution < -0.4 is 20.9 Å². The molecule has 1 aromatic heterocycles. The zero-order valence-electron chi connectivity index (χ0n) is 14.2. The third kappa shape index (κ3) is 6.23. The van der Waals surface area contributed by atoms with Gasteiger partial charge in [0.1, 0.15) is 5.69 Å². The predicted molar refractivity (Wildman–Crippen MR) is 94.4 cm³/mol. The van der Waals surface area contributed by atoms with Crippen molar-refractivity contribution < 1.29 is 23.5 Å². The number of pyridine rings is 1. The van der Waals surface area contributed by atoms with Crippen molar-refractivity contribution in [1.82, 2.24) is 21.2 Å². The van der Waals surface area contributed by atoms with Crippen molar-refractivity contribution >= 4 is 29.3 Å². The van der Waals surface area contributed by atoms with Gasteiger partial charge in [0, 0.05) is 11.2 Å². The molecule has 2 rings (SSSR count). The Morgan fingerprint density at radius 3 is 2.67 bits per heavy atom. The zero-order chi connectivity index (χ0) is 19.8. The molecule has 3 N–H and O–H groups in total. The summed E-state index contributed by atoms with van der Waals surface area (Å²) in [5.41, 5.74) is 4.28. The highest BCUT2D eigenvalue weighted by molar-refractivity contribution is 6.30. The van der Waals surface area contributed by atoms with E-state index in [4.69, 9.17) is 16.3 Å². The summed E-state index contributed by atoms with van der Waals surface area (Å²) in [7, 11) is 0. The normalized spacial score (nSPS) is 11.2. The Kier molecular flexibility index (Phi) is 7.07. The molecule has 1 aromatic carbocycles. The van der Waals surface area contributed by atoms with Gasteiger partial charge in [-0.1, -0.05) is 23.7 Å². The van der Waals surface area contributed by atoms with Crippen molar-refractivity contribution in [3.05, 3.63) is 59.1 Å². The fourth-order valence-corrected chi connectivity index (χ4v) is 2.00. The summed E-state index contributed by atoms with van der Waals surface area (Å²) in [4.78, 5) is 39.2. The van der Waals surface area contributed by atoms with Gasteiger partial charge in [-0.25, -0.2) is 4.39 Å². The molecule has 27 heavy (non-hydrogen) atoms. The summed E-state index contributed by atoms with van der Waals surface area (Å²) < 4.78 is 18.7. The van der Waals surface area contributed by atoms with Gasteiger partial charge in [0.25, 0.3) is 17.7 Å². The molecule has 8 nitrogen and oxygen atoms in total. The van der Waals surface area contributed by atoms with Gasteiger partial charge in [0.15, 0.2) is 17.7 Å². The Morgan fingerprint density at radius 1 is 1.22 bits per heavy atom. The van der Waals surface area contributed by atoms with Gasteiger partial charge in [0.05, 0.1) is 6.54 Å². The first-order valence-corrected chi connectivity index (χ1v) is 8.14. The first-order valence-electron chi connectivity index (χ1n) is 7.76. The van der Waals surface area contributed by atoms with Gasteiger partial charge in [-0.2, -0.15) is 0 Å². The first-order chi connectivity index (χ1) is 12.9. The molecule has 0 radical (unpaired) electrons. The number of rotatable bonds is 6.